The van der Waals surface area contributed by atoms with Crippen LogP contribution in [0.1, 0.15) is 27.2 Å². The molecule has 76 valence electrons. The first-order valence-corrected chi connectivity index (χ1v) is 4.55. The molecule has 1 saturated heterocycles. The summed E-state index contributed by atoms with van der Waals surface area (Å²) in [6.07, 6.45) is 0.631. The van der Waals surface area contributed by atoms with Crippen molar-refractivity contribution < 1.29 is 4.79 Å². The molecule has 13 heavy (non-hydrogen) atoms. The number of likely N-dealkylation sites (N-methyl/N-ethyl adjacent to an activating group) is 1. The molecule has 1 fully saturated rings. The van der Waals surface area contributed by atoms with Crippen molar-refractivity contribution in [2.75, 3.05) is 7.05 Å². The summed E-state index contributed by atoms with van der Waals surface area (Å²) in [5, 5.41) is 0. The Labute approximate surface area is 79.3 Å². The van der Waals surface area contributed by atoms with Gasteiger partial charge in [-0.3, -0.25) is 9.69 Å². The van der Waals surface area contributed by atoms with Crippen LogP contribution in [0.15, 0.2) is 0 Å². The Hall–Kier alpha value is -0.610. The van der Waals surface area contributed by atoms with Crippen molar-refractivity contribution in [1.82, 2.24) is 4.90 Å². The van der Waals surface area contributed by atoms with Crippen LogP contribution in [0.5, 0.6) is 0 Å². The summed E-state index contributed by atoms with van der Waals surface area (Å²) in [4.78, 5) is 13.4. The molecule has 1 amide bonds. The summed E-state index contributed by atoms with van der Waals surface area (Å²) >= 11 is 0. The molecule has 0 aromatic heterocycles. The van der Waals surface area contributed by atoms with E-state index in [4.69, 9.17) is 11.5 Å². The third-order valence-electron chi connectivity index (χ3n) is 3.69. The second kappa shape index (κ2) is 2.69. The fourth-order valence-electron chi connectivity index (χ4n) is 2.12. The van der Waals surface area contributed by atoms with Gasteiger partial charge in [0.15, 0.2) is 0 Å². The van der Waals surface area contributed by atoms with Gasteiger partial charge in [-0.1, -0.05) is 0 Å². The summed E-state index contributed by atoms with van der Waals surface area (Å²) < 4.78 is 0. The molecule has 0 bridgehead atoms. The molecule has 4 nitrogen and oxygen atoms in total. The number of hydrogen-bond acceptors (Lipinski definition) is 3. The minimum absolute atomic E-state index is 0.299. The highest BCUT2D eigenvalue weighted by molar-refractivity contribution is 5.86. The molecular formula is C9H19N3O. The van der Waals surface area contributed by atoms with Crippen molar-refractivity contribution in [3.63, 3.8) is 0 Å². The number of rotatable bonds is 1. The number of primary amides is 1. The Bertz CT molecular complexity index is 239. The molecule has 1 heterocycles. The summed E-state index contributed by atoms with van der Waals surface area (Å²) in [5.74, 6) is -0.409. The lowest BCUT2D eigenvalue weighted by atomic mass is 9.80. The van der Waals surface area contributed by atoms with Gasteiger partial charge < -0.3 is 11.5 Å². The molecule has 0 aromatic carbocycles. The van der Waals surface area contributed by atoms with E-state index in [9.17, 15) is 4.79 Å². The lowest BCUT2D eigenvalue weighted by molar-refractivity contribution is -0.125. The van der Waals surface area contributed by atoms with E-state index in [2.05, 4.69) is 11.8 Å². The Kier molecular flexibility index (Phi) is 2.16. The van der Waals surface area contributed by atoms with Gasteiger partial charge in [-0.25, -0.2) is 0 Å². The predicted octanol–water partition coefficient (Wildman–Crippen LogP) is -0.328. The highest BCUT2D eigenvalue weighted by Crippen LogP contribution is 2.38. The average Bonchev–Trinajstić information content (AvgIpc) is 2.14. The molecule has 1 aliphatic heterocycles. The van der Waals surface area contributed by atoms with Crippen LogP contribution in [0.25, 0.3) is 0 Å². The molecule has 4 heteroatoms. The van der Waals surface area contributed by atoms with Gasteiger partial charge in [0, 0.05) is 11.6 Å². The molecule has 1 aliphatic rings. The van der Waals surface area contributed by atoms with Gasteiger partial charge >= 0.3 is 0 Å². The maximum Gasteiger partial charge on any atom is 0.239 e. The van der Waals surface area contributed by atoms with Gasteiger partial charge in [0.25, 0.3) is 0 Å². The van der Waals surface area contributed by atoms with E-state index in [0.717, 1.165) is 0 Å². The monoisotopic (exact) mass is 185 g/mol. The number of likely N-dealkylation sites (tertiary alicyclic amines) is 1. The highest BCUT2D eigenvalue weighted by atomic mass is 16.1. The van der Waals surface area contributed by atoms with E-state index in [1.807, 2.05) is 20.9 Å². The summed E-state index contributed by atoms with van der Waals surface area (Å²) in [6, 6.07) is 0.299. The quantitative estimate of drug-likeness (QED) is 0.587. The molecule has 0 aromatic rings. The standard InChI is InChI=1S/C9H19N3O/c1-6-5-9(11,7(10)13)8(2,3)12(6)4/h6H,5,11H2,1-4H3,(H2,10,13). The molecule has 0 radical (unpaired) electrons. The largest absolute Gasteiger partial charge is 0.368 e. The maximum atomic E-state index is 11.3. The van der Waals surface area contributed by atoms with Crippen LogP contribution < -0.4 is 11.5 Å². The molecule has 0 saturated carbocycles. The van der Waals surface area contributed by atoms with Gasteiger partial charge in [0.1, 0.15) is 5.54 Å². The SMILES string of the molecule is CC1CC(N)(C(N)=O)C(C)(C)N1C. The molecule has 2 unspecified atom stereocenters. The maximum absolute atomic E-state index is 11.3. The zero-order valence-corrected chi connectivity index (χ0v) is 8.79. The van der Waals surface area contributed by atoms with Gasteiger partial charge in [-0.05, 0) is 34.2 Å². The zero-order chi connectivity index (χ0) is 10.4. The average molecular weight is 185 g/mol. The normalized spacial score (nSPS) is 39.3. The fourth-order valence-corrected chi connectivity index (χ4v) is 2.12. The number of amides is 1. The molecule has 0 aliphatic carbocycles. The van der Waals surface area contributed by atoms with Crippen LogP contribution in [-0.4, -0.2) is 35.0 Å². The first kappa shape index (κ1) is 10.5. The van der Waals surface area contributed by atoms with E-state index in [1.165, 1.54) is 0 Å². The molecule has 0 spiro atoms. The zero-order valence-electron chi connectivity index (χ0n) is 8.79. The minimum Gasteiger partial charge on any atom is -0.368 e. The van der Waals surface area contributed by atoms with Crippen molar-refractivity contribution in [3.05, 3.63) is 0 Å². The number of carbonyl (C=O) groups is 1. The van der Waals surface area contributed by atoms with Crippen LogP contribution in [-0.2, 0) is 4.79 Å². The number of nitrogens with zero attached hydrogens (tertiary/aromatic N) is 1. The van der Waals surface area contributed by atoms with Crippen LogP contribution in [0.3, 0.4) is 0 Å². The first-order chi connectivity index (χ1) is 5.73. The Morgan fingerprint density at radius 2 is 2.00 bits per heavy atom. The third-order valence-corrected chi connectivity index (χ3v) is 3.69. The van der Waals surface area contributed by atoms with Crippen LogP contribution >= 0.6 is 0 Å². The van der Waals surface area contributed by atoms with Crippen molar-refractivity contribution in [1.29, 1.82) is 0 Å². The van der Waals surface area contributed by atoms with E-state index in [0.29, 0.717) is 12.5 Å². The molecule has 1 rings (SSSR count). The number of carbonyl (C=O) groups excluding carboxylic acids is 1. The Morgan fingerprint density at radius 1 is 1.54 bits per heavy atom. The second-order valence-electron chi connectivity index (χ2n) is 4.56. The Balaban J connectivity index is 3.09. The van der Waals surface area contributed by atoms with Gasteiger partial charge in [0.2, 0.25) is 5.91 Å². The summed E-state index contributed by atoms with van der Waals surface area (Å²) in [7, 11) is 1.97. The van der Waals surface area contributed by atoms with E-state index in [-0.39, 0.29) is 5.54 Å². The predicted molar refractivity (Wildman–Crippen MR) is 52.0 cm³/mol. The van der Waals surface area contributed by atoms with Gasteiger partial charge in [0.05, 0.1) is 0 Å². The van der Waals surface area contributed by atoms with Gasteiger partial charge in [-0.2, -0.15) is 0 Å². The molecule has 2 atom stereocenters. The van der Waals surface area contributed by atoms with Crippen molar-refractivity contribution in [2.45, 2.75) is 44.3 Å². The number of nitrogens with two attached hydrogens (primary N) is 2. The minimum atomic E-state index is -0.902. The second-order valence-corrected chi connectivity index (χ2v) is 4.56. The smallest absolute Gasteiger partial charge is 0.239 e. The van der Waals surface area contributed by atoms with E-state index < -0.39 is 11.4 Å². The van der Waals surface area contributed by atoms with E-state index >= 15 is 0 Å². The lowest BCUT2D eigenvalue weighted by Gasteiger charge is -2.39. The third kappa shape index (κ3) is 1.16. The van der Waals surface area contributed by atoms with Gasteiger partial charge in [-0.15, -0.1) is 0 Å². The molecular weight excluding hydrogens is 166 g/mol. The van der Waals surface area contributed by atoms with Crippen molar-refractivity contribution in [2.24, 2.45) is 11.5 Å². The van der Waals surface area contributed by atoms with E-state index in [1.54, 1.807) is 0 Å². The van der Waals surface area contributed by atoms with Crippen LogP contribution in [0.4, 0.5) is 0 Å². The Morgan fingerprint density at radius 3 is 2.15 bits per heavy atom. The molecule has 4 N–H and O–H groups in total. The topological polar surface area (TPSA) is 72.3 Å². The first-order valence-electron chi connectivity index (χ1n) is 4.55. The summed E-state index contributed by atoms with van der Waals surface area (Å²) in [6.45, 7) is 5.97. The van der Waals surface area contributed by atoms with Crippen molar-refractivity contribution >= 4 is 5.91 Å². The van der Waals surface area contributed by atoms with Crippen LogP contribution in [0, 0.1) is 0 Å². The highest BCUT2D eigenvalue weighted by Gasteiger charge is 2.56. The lowest BCUT2D eigenvalue weighted by Crippen LogP contribution is -2.65. The summed E-state index contributed by atoms with van der Waals surface area (Å²) in [5.41, 5.74) is 10.1. The fraction of sp³-hybridized carbons (Fsp3) is 0.889. The van der Waals surface area contributed by atoms with Crippen LogP contribution in [0.2, 0.25) is 0 Å². The van der Waals surface area contributed by atoms with Crippen molar-refractivity contribution in [3.8, 4) is 0 Å². The number of hydrogen-bond donors (Lipinski definition) is 2.